The van der Waals surface area contributed by atoms with Gasteiger partial charge in [0.15, 0.2) is 12.4 Å². The lowest BCUT2D eigenvalue weighted by atomic mass is 9.76. The number of halogens is 2. The Morgan fingerprint density at radius 2 is 2.00 bits per heavy atom. The first-order valence-electron chi connectivity index (χ1n) is 7.63. The monoisotopic (exact) mass is 385 g/mol. The Hall–Kier alpha value is -2.05. The van der Waals surface area contributed by atoms with E-state index in [1.54, 1.807) is 6.07 Å². The van der Waals surface area contributed by atoms with Crippen molar-refractivity contribution in [1.29, 1.82) is 0 Å². The number of hydrogen-bond donors (Lipinski definition) is 2. The minimum atomic E-state index is -1.14. The van der Waals surface area contributed by atoms with E-state index < -0.39 is 24.4 Å². The topological polar surface area (TPSA) is 107 Å². The van der Waals surface area contributed by atoms with E-state index in [1.807, 2.05) is 6.92 Å². The van der Waals surface area contributed by atoms with Gasteiger partial charge in [0, 0.05) is 0 Å². The Bertz CT molecular complexity index is 760. The molecule has 1 amide bonds. The molecule has 3 N–H and O–H groups in total. The number of carboxylic acid groups (broad SMARTS) is 1. The van der Waals surface area contributed by atoms with E-state index in [2.05, 4.69) is 0 Å². The number of carboxylic acids is 1. The minimum absolute atomic E-state index is 0.0700. The van der Waals surface area contributed by atoms with Crippen molar-refractivity contribution in [2.75, 3.05) is 6.61 Å². The maximum Gasteiger partial charge on any atom is 0.341 e. The van der Waals surface area contributed by atoms with E-state index in [9.17, 15) is 14.4 Å². The van der Waals surface area contributed by atoms with Gasteiger partial charge in [0.1, 0.15) is 16.7 Å². The van der Waals surface area contributed by atoms with Crippen molar-refractivity contribution in [1.82, 2.24) is 0 Å². The molecule has 6 nitrogen and oxygen atoms in total. The fourth-order valence-corrected chi connectivity index (χ4v) is 3.33. The number of aliphatic carboxylic acids is 1. The van der Waals surface area contributed by atoms with Crippen LogP contribution in [0.3, 0.4) is 0 Å². The number of allylic oxidation sites excluding steroid dienone is 2. The zero-order chi connectivity index (χ0) is 18.7. The van der Waals surface area contributed by atoms with Crippen LogP contribution in [0, 0.1) is 11.8 Å². The van der Waals surface area contributed by atoms with Crippen molar-refractivity contribution in [3.8, 4) is 5.75 Å². The van der Waals surface area contributed by atoms with Gasteiger partial charge in [-0.2, -0.15) is 0 Å². The highest BCUT2D eigenvalue weighted by molar-refractivity contribution is 6.44. The average Bonchev–Trinajstić information content (AvgIpc) is 2.55. The number of carbonyl (C=O) groups is 3. The van der Waals surface area contributed by atoms with Gasteiger partial charge in [-0.05, 0) is 48.1 Å². The third-order valence-electron chi connectivity index (χ3n) is 4.15. The van der Waals surface area contributed by atoms with Gasteiger partial charge in [0.05, 0.1) is 5.02 Å². The number of ether oxygens (including phenoxy) is 1. The fraction of sp³-hybridized carbons (Fsp3) is 0.353. The van der Waals surface area contributed by atoms with Crippen LogP contribution in [0.5, 0.6) is 5.75 Å². The molecule has 1 aliphatic carbocycles. The lowest BCUT2D eigenvalue weighted by Gasteiger charge is -2.28. The summed E-state index contributed by atoms with van der Waals surface area (Å²) < 4.78 is 5.08. The molecule has 1 aromatic rings. The van der Waals surface area contributed by atoms with Gasteiger partial charge in [0.2, 0.25) is 5.91 Å². The predicted octanol–water partition coefficient (Wildman–Crippen LogP) is 2.94. The molecule has 2 atom stereocenters. The number of carbonyl (C=O) groups excluding carboxylic acids is 2. The van der Waals surface area contributed by atoms with Crippen LogP contribution in [0.4, 0.5) is 0 Å². The second kappa shape index (κ2) is 7.89. The summed E-state index contributed by atoms with van der Waals surface area (Å²) in [6.45, 7) is 1.39. The molecular formula is C17H17Cl2NO5. The van der Waals surface area contributed by atoms with Crippen molar-refractivity contribution < 1.29 is 24.2 Å². The lowest BCUT2D eigenvalue weighted by molar-refractivity contribution is -0.139. The Morgan fingerprint density at radius 3 is 2.56 bits per heavy atom. The smallest absolute Gasteiger partial charge is 0.341 e. The number of rotatable bonds is 6. The van der Waals surface area contributed by atoms with E-state index in [0.29, 0.717) is 24.0 Å². The average molecular weight is 386 g/mol. The van der Waals surface area contributed by atoms with Gasteiger partial charge in [-0.25, -0.2) is 4.79 Å². The molecule has 134 valence electrons. The van der Waals surface area contributed by atoms with Gasteiger partial charge in [-0.15, -0.1) is 0 Å². The fourth-order valence-electron chi connectivity index (χ4n) is 2.85. The molecule has 0 saturated heterocycles. The molecule has 0 aromatic heterocycles. The number of ketones is 1. The largest absolute Gasteiger partial charge is 0.480 e. The van der Waals surface area contributed by atoms with E-state index in [1.165, 1.54) is 12.1 Å². The molecule has 0 spiro atoms. The van der Waals surface area contributed by atoms with Gasteiger partial charge in [-0.1, -0.05) is 30.1 Å². The Kier molecular flexibility index (Phi) is 6.08. The van der Waals surface area contributed by atoms with Crippen molar-refractivity contribution in [3.63, 3.8) is 0 Å². The summed E-state index contributed by atoms with van der Waals surface area (Å²) in [5.41, 5.74) is 6.52. The molecule has 25 heavy (non-hydrogen) atoms. The van der Waals surface area contributed by atoms with Gasteiger partial charge in [-0.3, -0.25) is 9.59 Å². The molecular weight excluding hydrogens is 369 g/mol. The van der Waals surface area contributed by atoms with Crippen LogP contribution in [0.2, 0.25) is 10.0 Å². The highest BCUT2D eigenvalue weighted by Gasteiger charge is 2.34. The first-order valence-corrected chi connectivity index (χ1v) is 8.39. The summed E-state index contributed by atoms with van der Waals surface area (Å²) in [4.78, 5) is 34.2. The summed E-state index contributed by atoms with van der Waals surface area (Å²) in [6.07, 6.45) is 2.40. The van der Waals surface area contributed by atoms with Crippen LogP contribution in [0.15, 0.2) is 18.2 Å². The zero-order valence-electron chi connectivity index (χ0n) is 13.4. The Morgan fingerprint density at radius 1 is 1.32 bits per heavy atom. The second-order valence-electron chi connectivity index (χ2n) is 5.72. The molecule has 0 aliphatic heterocycles. The van der Waals surface area contributed by atoms with Crippen molar-refractivity contribution in [3.05, 3.63) is 33.8 Å². The predicted molar refractivity (Wildman–Crippen MR) is 93.7 cm³/mol. The first kappa shape index (κ1) is 19.3. The molecule has 0 bridgehead atoms. The van der Waals surface area contributed by atoms with E-state index in [-0.39, 0.29) is 27.5 Å². The number of hydrogen-bond acceptors (Lipinski definition) is 4. The van der Waals surface area contributed by atoms with Crippen LogP contribution in [0.25, 0.3) is 5.57 Å². The molecule has 1 aromatic carbocycles. The first-order chi connectivity index (χ1) is 11.8. The van der Waals surface area contributed by atoms with Gasteiger partial charge < -0.3 is 15.6 Å². The highest BCUT2D eigenvalue weighted by atomic mass is 35.5. The van der Waals surface area contributed by atoms with Crippen molar-refractivity contribution >= 4 is 46.4 Å². The van der Waals surface area contributed by atoms with Crippen LogP contribution < -0.4 is 10.5 Å². The third-order valence-corrected chi connectivity index (χ3v) is 5.01. The number of nitrogens with two attached hydrogens (primary N) is 1. The van der Waals surface area contributed by atoms with Crippen LogP contribution in [-0.4, -0.2) is 29.4 Å². The quantitative estimate of drug-likeness (QED) is 0.731. The minimum Gasteiger partial charge on any atom is -0.480 e. The summed E-state index contributed by atoms with van der Waals surface area (Å²) >= 11 is 12.5. The SMILES string of the molecule is CCC1CC(C(N)=O)C(=O)C=C1c1ccc(OCC(=O)O)c(Cl)c1Cl. The molecule has 0 radical (unpaired) electrons. The summed E-state index contributed by atoms with van der Waals surface area (Å²) in [5.74, 6) is -2.90. The van der Waals surface area contributed by atoms with Crippen molar-refractivity contribution in [2.45, 2.75) is 19.8 Å². The van der Waals surface area contributed by atoms with Gasteiger partial charge >= 0.3 is 5.97 Å². The standard InChI is InChI=1S/C17H17Cl2NO5/c1-2-8-5-11(17(20)24)12(21)6-10(8)9-3-4-13(16(19)15(9)18)25-7-14(22)23/h3-4,6,8,11H,2,5,7H2,1H3,(H2,20,24)(H,22,23). The third kappa shape index (κ3) is 4.14. The summed E-state index contributed by atoms with van der Waals surface area (Å²) in [6, 6.07) is 3.13. The zero-order valence-corrected chi connectivity index (χ0v) is 14.9. The molecule has 8 heteroatoms. The van der Waals surface area contributed by atoms with Gasteiger partial charge in [0.25, 0.3) is 0 Å². The van der Waals surface area contributed by atoms with Crippen LogP contribution in [-0.2, 0) is 14.4 Å². The lowest BCUT2D eigenvalue weighted by Crippen LogP contribution is -2.34. The molecule has 0 heterocycles. The normalized spacial score (nSPS) is 20.1. The van der Waals surface area contributed by atoms with E-state index >= 15 is 0 Å². The molecule has 0 saturated carbocycles. The molecule has 2 rings (SSSR count). The van der Waals surface area contributed by atoms with Crippen molar-refractivity contribution in [2.24, 2.45) is 17.6 Å². The summed E-state index contributed by atoms with van der Waals surface area (Å²) in [7, 11) is 0. The molecule has 1 aliphatic rings. The maximum absolute atomic E-state index is 12.2. The second-order valence-corrected chi connectivity index (χ2v) is 6.48. The molecule has 2 unspecified atom stereocenters. The van der Waals surface area contributed by atoms with Crippen LogP contribution in [0.1, 0.15) is 25.3 Å². The maximum atomic E-state index is 12.2. The summed E-state index contributed by atoms with van der Waals surface area (Å²) in [5, 5.41) is 8.91. The molecule has 0 fully saturated rings. The number of amides is 1. The Labute approximate surface area is 154 Å². The van der Waals surface area contributed by atoms with Crippen LogP contribution >= 0.6 is 23.2 Å². The number of benzene rings is 1. The van der Waals surface area contributed by atoms with E-state index in [0.717, 1.165) is 0 Å². The number of primary amides is 1. The highest BCUT2D eigenvalue weighted by Crippen LogP contribution is 2.43. The van der Waals surface area contributed by atoms with E-state index in [4.69, 9.17) is 38.8 Å². The Balaban J connectivity index is 2.41.